The van der Waals surface area contributed by atoms with Gasteiger partial charge in [-0.25, -0.2) is 0 Å². The molecule has 2 aromatic carbocycles. The monoisotopic (exact) mass is 288 g/mol. The zero-order chi connectivity index (χ0) is 15.4. The van der Waals surface area contributed by atoms with Gasteiger partial charge in [-0.05, 0) is 23.5 Å². The Kier molecular flexibility index (Phi) is 4.65. The van der Waals surface area contributed by atoms with Gasteiger partial charge in [0.2, 0.25) is 5.82 Å². The highest BCUT2D eigenvalue weighted by molar-refractivity contribution is 5.37. The van der Waals surface area contributed by atoms with E-state index in [-0.39, 0.29) is 12.0 Å². The van der Waals surface area contributed by atoms with Crippen molar-refractivity contribution in [1.29, 1.82) is 0 Å². The average Bonchev–Trinajstić information content (AvgIpc) is 2.49. The number of nitro benzene ring substituents is 1. The largest absolute Gasteiger partial charge is 0.324 e. The van der Waals surface area contributed by atoms with Crippen molar-refractivity contribution in [1.82, 2.24) is 0 Å². The van der Waals surface area contributed by atoms with Gasteiger partial charge in [0.1, 0.15) is 0 Å². The molecular formula is C16H17FN2O2. The molecule has 0 heterocycles. The molecule has 0 spiro atoms. The molecule has 4 nitrogen and oxygen atoms in total. The van der Waals surface area contributed by atoms with Crippen LogP contribution in [-0.2, 0) is 6.42 Å². The fourth-order valence-electron chi connectivity index (χ4n) is 2.34. The second-order valence-electron chi connectivity index (χ2n) is 5.13. The SMILES string of the molecule is CC(Cc1cccc([N+](=O)[O-])c1F)C(N)c1ccccc1. The average molecular weight is 288 g/mol. The van der Waals surface area contributed by atoms with Crippen LogP contribution >= 0.6 is 0 Å². The van der Waals surface area contributed by atoms with Crippen LogP contribution in [0.5, 0.6) is 0 Å². The lowest BCUT2D eigenvalue weighted by Crippen LogP contribution is -2.21. The van der Waals surface area contributed by atoms with Crippen LogP contribution in [0.4, 0.5) is 10.1 Å². The fourth-order valence-corrected chi connectivity index (χ4v) is 2.34. The molecule has 0 amide bonds. The van der Waals surface area contributed by atoms with E-state index in [1.54, 1.807) is 6.07 Å². The molecule has 21 heavy (non-hydrogen) atoms. The molecule has 2 aromatic rings. The third-order valence-corrected chi connectivity index (χ3v) is 3.59. The maximum atomic E-state index is 14.1. The molecule has 2 N–H and O–H groups in total. The van der Waals surface area contributed by atoms with Crippen LogP contribution in [0, 0.1) is 21.8 Å². The first kappa shape index (κ1) is 15.1. The lowest BCUT2D eigenvalue weighted by molar-refractivity contribution is -0.387. The highest BCUT2D eigenvalue weighted by Gasteiger charge is 2.21. The Morgan fingerprint density at radius 3 is 2.48 bits per heavy atom. The highest BCUT2D eigenvalue weighted by atomic mass is 19.1. The summed E-state index contributed by atoms with van der Waals surface area (Å²) in [5, 5.41) is 10.8. The van der Waals surface area contributed by atoms with Gasteiger partial charge >= 0.3 is 5.69 Å². The zero-order valence-electron chi connectivity index (χ0n) is 11.7. The molecule has 0 bridgehead atoms. The molecule has 2 atom stereocenters. The maximum absolute atomic E-state index is 14.1. The van der Waals surface area contributed by atoms with Gasteiger partial charge in [-0.2, -0.15) is 4.39 Å². The number of nitrogens with two attached hydrogens (primary N) is 1. The third-order valence-electron chi connectivity index (χ3n) is 3.59. The lowest BCUT2D eigenvalue weighted by Gasteiger charge is -2.20. The summed E-state index contributed by atoms with van der Waals surface area (Å²) in [7, 11) is 0. The minimum Gasteiger partial charge on any atom is -0.324 e. The Bertz CT molecular complexity index is 631. The standard InChI is InChI=1S/C16H17FN2O2/c1-11(16(18)12-6-3-2-4-7-12)10-13-8-5-9-14(15(13)17)19(20)21/h2-9,11,16H,10,18H2,1H3. The van der Waals surface area contributed by atoms with Gasteiger partial charge in [0.25, 0.3) is 0 Å². The van der Waals surface area contributed by atoms with Crippen molar-refractivity contribution in [2.24, 2.45) is 11.7 Å². The Hall–Kier alpha value is -2.27. The predicted octanol–water partition coefficient (Wildman–Crippen LogP) is 3.61. The van der Waals surface area contributed by atoms with Crippen molar-refractivity contribution in [2.75, 3.05) is 0 Å². The van der Waals surface area contributed by atoms with Crippen molar-refractivity contribution in [3.63, 3.8) is 0 Å². The molecule has 0 saturated heterocycles. The second kappa shape index (κ2) is 6.45. The van der Waals surface area contributed by atoms with Crippen LogP contribution in [-0.4, -0.2) is 4.92 Å². The van der Waals surface area contributed by atoms with Crippen molar-refractivity contribution in [3.8, 4) is 0 Å². The van der Waals surface area contributed by atoms with Crippen molar-refractivity contribution >= 4 is 5.69 Å². The molecule has 2 unspecified atom stereocenters. The number of halogens is 1. The lowest BCUT2D eigenvalue weighted by atomic mass is 9.89. The van der Waals surface area contributed by atoms with E-state index in [0.29, 0.717) is 12.0 Å². The quantitative estimate of drug-likeness (QED) is 0.675. The number of nitro groups is 1. The normalized spacial score (nSPS) is 13.7. The summed E-state index contributed by atoms with van der Waals surface area (Å²) >= 11 is 0. The minimum absolute atomic E-state index is 0.0381. The highest BCUT2D eigenvalue weighted by Crippen LogP contribution is 2.27. The van der Waals surface area contributed by atoms with E-state index in [4.69, 9.17) is 5.73 Å². The topological polar surface area (TPSA) is 69.2 Å². The summed E-state index contributed by atoms with van der Waals surface area (Å²) in [6, 6.07) is 13.5. The number of hydrogen-bond donors (Lipinski definition) is 1. The maximum Gasteiger partial charge on any atom is 0.305 e. The van der Waals surface area contributed by atoms with Crippen LogP contribution < -0.4 is 5.73 Å². The first-order valence-electron chi connectivity index (χ1n) is 6.73. The molecule has 110 valence electrons. The van der Waals surface area contributed by atoms with Crippen LogP contribution in [0.2, 0.25) is 0 Å². The van der Waals surface area contributed by atoms with E-state index in [2.05, 4.69) is 0 Å². The van der Waals surface area contributed by atoms with Gasteiger partial charge in [0.05, 0.1) is 4.92 Å². The van der Waals surface area contributed by atoms with E-state index in [9.17, 15) is 14.5 Å². The second-order valence-corrected chi connectivity index (χ2v) is 5.13. The molecule has 5 heteroatoms. The fraction of sp³-hybridized carbons (Fsp3) is 0.250. The minimum atomic E-state index is -0.769. The van der Waals surface area contributed by atoms with Gasteiger partial charge in [-0.3, -0.25) is 10.1 Å². The van der Waals surface area contributed by atoms with E-state index >= 15 is 0 Å². The summed E-state index contributed by atoms with van der Waals surface area (Å²) < 4.78 is 14.1. The van der Waals surface area contributed by atoms with Gasteiger partial charge in [0.15, 0.2) is 0 Å². The Labute approximate surface area is 122 Å². The van der Waals surface area contributed by atoms with Gasteiger partial charge < -0.3 is 5.73 Å². The first-order chi connectivity index (χ1) is 10.0. The predicted molar refractivity (Wildman–Crippen MR) is 79.3 cm³/mol. The van der Waals surface area contributed by atoms with E-state index < -0.39 is 16.4 Å². The Morgan fingerprint density at radius 1 is 1.19 bits per heavy atom. The van der Waals surface area contributed by atoms with Crippen molar-refractivity contribution in [2.45, 2.75) is 19.4 Å². The summed E-state index contributed by atoms with van der Waals surface area (Å²) in [6.07, 6.45) is 0.351. The number of hydrogen-bond acceptors (Lipinski definition) is 3. The molecule has 0 fully saturated rings. The van der Waals surface area contributed by atoms with Crippen LogP contribution in [0.3, 0.4) is 0 Å². The molecule has 0 aliphatic rings. The van der Waals surface area contributed by atoms with Crippen LogP contribution in [0.25, 0.3) is 0 Å². The third kappa shape index (κ3) is 3.44. The zero-order valence-corrected chi connectivity index (χ0v) is 11.7. The molecule has 0 radical (unpaired) electrons. The molecular weight excluding hydrogens is 271 g/mol. The summed E-state index contributed by atoms with van der Waals surface area (Å²) in [5.74, 6) is -0.807. The molecule has 0 saturated carbocycles. The van der Waals surface area contributed by atoms with E-state index in [1.807, 2.05) is 37.3 Å². The molecule has 0 aromatic heterocycles. The van der Waals surface area contributed by atoms with E-state index in [1.165, 1.54) is 12.1 Å². The number of nitrogens with zero attached hydrogens (tertiary/aromatic N) is 1. The van der Waals surface area contributed by atoms with Crippen molar-refractivity contribution < 1.29 is 9.31 Å². The van der Waals surface area contributed by atoms with Gasteiger partial charge in [0, 0.05) is 12.1 Å². The molecule has 2 rings (SSSR count). The summed E-state index contributed by atoms with van der Waals surface area (Å²) in [4.78, 5) is 10.0. The smallest absolute Gasteiger partial charge is 0.305 e. The summed E-state index contributed by atoms with van der Waals surface area (Å²) in [6.45, 7) is 1.91. The van der Waals surface area contributed by atoms with E-state index in [0.717, 1.165) is 5.56 Å². The van der Waals surface area contributed by atoms with Crippen LogP contribution in [0.1, 0.15) is 24.1 Å². The Balaban J connectivity index is 2.18. The summed E-state index contributed by atoms with van der Waals surface area (Å²) in [5.41, 5.74) is 6.98. The first-order valence-corrected chi connectivity index (χ1v) is 6.73. The van der Waals surface area contributed by atoms with Gasteiger partial charge in [-0.1, -0.05) is 49.4 Å². The van der Waals surface area contributed by atoms with Crippen LogP contribution in [0.15, 0.2) is 48.5 Å². The van der Waals surface area contributed by atoms with Gasteiger partial charge in [-0.15, -0.1) is 0 Å². The number of benzene rings is 2. The number of rotatable bonds is 5. The Morgan fingerprint density at radius 2 is 1.86 bits per heavy atom. The van der Waals surface area contributed by atoms with Crippen molar-refractivity contribution in [3.05, 3.63) is 75.6 Å². The molecule has 0 aliphatic carbocycles. The molecule has 0 aliphatic heterocycles.